The molecule has 0 aromatic heterocycles. The molecule has 6 nitrogen and oxygen atoms in total. The molecule has 0 spiro atoms. The lowest BCUT2D eigenvalue weighted by Gasteiger charge is -2.32. The molecule has 2 fully saturated rings. The zero-order valence-electron chi connectivity index (χ0n) is 13.4. The number of amides is 2. The fourth-order valence-electron chi connectivity index (χ4n) is 3.56. The van der Waals surface area contributed by atoms with Crippen LogP contribution in [0.5, 0.6) is 0 Å². The summed E-state index contributed by atoms with van der Waals surface area (Å²) in [5.74, 6) is -1.04. The van der Waals surface area contributed by atoms with E-state index in [0.717, 1.165) is 25.7 Å². The van der Waals surface area contributed by atoms with E-state index < -0.39 is 11.5 Å². The number of aliphatic carboxylic acids is 1. The van der Waals surface area contributed by atoms with E-state index >= 15 is 0 Å². The number of hydrogen-bond donors (Lipinski definition) is 2. The van der Waals surface area contributed by atoms with Gasteiger partial charge in [0.1, 0.15) is 5.54 Å². The minimum atomic E-state index is -1.10. The number of rotatable bonds is 5. The maximum Gasteiger partial charge on any atom is 0.329 e. The average Bonchev–Trinajstić information content (AvgIpc) is 3.07. The lowest BCUT2D eigenvalue weighted by atomic mass is 9.98. The van der Waals surface area contributed by atoms with Crippen LogP contribution in [0.25, 0.3) is 0 Å². The van der Waals surface area contributed by atoms with E-state index in [1.807, 2.05) is 0 Å². The van der Waals surface area contributed by atoms with Crippen LogP contribution in [0.15, 0.2) is 0 Å². The van der Waals surface area contributed by atoms with Gasteiger partial charge in [-0.25, -0.2) is 4.79 Å². The molecular formula is C16H26N2O4. The predicted molar refractivity (Wildman–Crippen MR) is 81.2 cm³/mol. The average molecular weight is 310 g/mol. The Morgan fingerprint density at radius 3 is 2.50 bits per heavy atom. The quantitative estimate of drug-likeness (QED) is 0.806. The Morgan fingerprint density at radius 2 is 1.91 bits per heavy atom. The zero-order chi connectivity index (χ0) is 16.3. The largest absolute Gasteiger partial charge is 0.480 e. The van der Waals surface area contributed by atoms with Gasteiger partial charge in [-0.15, -0.1) is 0 Å². The summed E-state index contributed by atoms with van der Waals surface area (Å²) in [6.07, 6.45) is 5.38. The third-order valence-corrected chi connectivity index (χ3v) is 5.00. The number of carboxylic acids is 1. The van der Waals surface area contributed by atoms with Gasteiger partial charge >= 0.3 is 5.97 Å². The second kappa shape index (κ2) is 6.67. The molecule has 124 valence electrons. The lowest BCUT2D eigenvalue weighted by Crippen LogP contribution is -2.52. The van der Waals surface area contributed by atoms with Crippen molar-refractivity contribution in [1.29, 1.82) is 0 Å². The summed E-state index contributed by atoms with van der Waals surface area (Å²) in [5.41, 5.74) is -1.10. The van der Waals surface area contributed by atoms with Crippen LogP contribution in [-0.4, -0.2) is 45.9 Å². The van der Waals surface area contributed by atoms with Crippen molar-refractivity contribution in [3.8, 4) is 0 Å². The molecule has 0 aromatic rings. The topological polar surface area (TPSA) is 86.7 Å². The van der Waals surface area contributed by atoms with E-state index in [2.05, 4.69) is 5.32 Å². The van der Waals surface area contributed by atoms with Gasteiger partial charge in [0.15, 0.2) is 0 Å². The van der Waals surface area contributed by atoms with Crippen LogP contribution in [0, 0.1) is 5.92 Å². The number of likely N-dealkylation sites (tertiary alicyclic amines) is 1. The molecule has 2 atom stereocenters. The molecule has 2 unspecified atom stereocenters. The Labute approximate surface area is 131 Å². The van der Waals surface area contributed by atoms with Crippen molar-refractivity contribution in [3.05, 3.63) is 0 Å². The van der Waals surface area contributed by atoms with Crippen molar-refractivity contribution >= 4 is 17.8 Å². The van der Waals surface area contributed by atoms with Crippen LogP contribution in [0.4, 0.5) is 0 Å². The summed E-state index contributed by atoms with van der Waals surface area (Å²) >= 11 is 0. The normalized spacial score (nSPS) is 26.9. The Balaban J connectivity index is 1.88. The van der Waals surface area contributed by atoms with E-state index in [1.165, 1.54) is 4.90 Å². The first kappa shape index (κ1) is 16.8. The minimum Gasteiger partial charge on any atom is -0.480 e. The van der Waals surface area contributed by atoms with Gasteiger partial charge in [-0.3, -0.25) is 9.59 Å². The molecule has 1 aliphatic heterocycles. The van der Waals surface area contributed by atoms with Crippen molar-refractivity contribution in [2.75, 3.05) is 6.54 Å². The molecule has 0 radical (unpaired) electrons. The van der Waals surface area contributed by atoms with Gasteiger partial charge in [0.05, 0.1) is 0 Å². The Morgan fingerprint density at radius 1 is 1.27 bits per heavy atom. The van der Waals surface area contributed by atoms with Crippen LogP contribution in [0.2, 0.25) is 0 Å². The highest BCUT2D eigenvalue weighted by Crippen LogP contribution is 2.30. The first-order valence-corrected chi connectivity index (χ1v) is 8.19. The molecule has 22 heavy (non-hydrogen) atoms. The van der Waals surface area contributed by atoms with Crippen molar-refractivity contribution in [2.24, 2.45) is 5.92 Å². The molecule has 6 heteroatoms. The number of carboxylic acid groups (broad SMARTS) is 1. The molecule has 0 aromatic carbocycles. The molecule has 1 saturated heterocycles. The van der Waals surface area contributed by atoms with Gasteiger partial charge in [0, 0.05) is 24.9 Å². The lowest BCUT2D eigenvalue weighted by molar-refractivity contribution is -0.155. The molecular weight excluding hydrogens is 284 g/mol. The highest BCUT2D eigenvalue weighted by atomic mass is 16.4. The number of nitrogens with zero attached hydrogens (tertiary/aromatic N) is 1. The van der Waals surface area contributed by atoms with Crippen LogP contribution >= 0.6 is 0 Å². The van der Waals surface area contributed by atoms with Gasteiger partial charge < -0.3 is 15.3 Å². The molecule has 1 saturated carbocycles. The maximum atomic E-state index is 12.4. The molecule has 2 rings (SSSR count). The number of nitrogens with one attached hydrogen (secondary N) is 1. The van der Waals surface area contributed by atoms with Crippen molar-refractivity contribution in [1.82, 2.24) is 10.2 Å². The molecule has 0 bridgehead atoms. The summed E-state index contributed by atoms with van der Waals surface area (Å²) in [5, 5.41) is 12.3. The fraction of sp³-hybridized carbons (Fsp3) is 0.812. The molecule has 2 N–H and O–H groups in total. The first-order valence-electron chi connectivity index (χ1n) is 8.19. The van der Waals surface area contributed by atoms with E-state index in [0.29, 0.717) is 19.4 Å². The summed E-state index contributed by atoms with van der Waals surface area (Å²) in [6.45, 7) is 3.88. The van der Waals surface area contributed by atoms with Gasteiger partial charge in [-0.1, -0.05) is 12.8 Å². The van der Waals surface area contributed by atoms with E-state index in [1.54, 1.807) is 13.8 Å². The predicted octanol–water partition coefficient (Wildman–Crippen LogP) is 1.54. The Hall–Kier alpha value is -1.59. The van der Waals surface area contributed by atoms with E-state index in [-0.39, 0.29) is 30.2 Å². The third kappa shape index (κ3) is 3.42. The highest BCUT2D eigenvalue weighted by Gasteiger charge is 2.45. The summed E-state index contributed by atoms with van der Waals surface area (Å²) in [4.78, 5) is 37.3. The van der Waals surface area contributed by atoms with Crippen molar-refractivity contribution < 1.29 is 19.5 Å². The maximum absolute atomic E-state index is 12.4. The molecule has 1 aliphatic carbocycles. The van der Waals surface area contributed by atoms with Crippen molar-refractivity contribution in [3.63, 3.8) is 0 Å². The van der Waals surface area contributed by atoms with E-state index in [4.69, 9.17) is 0 Å². The van der Waals surface area contributed by atoms with E-state index in [9.17, 15) is 19.5 Å². The van der Waals surface area contributed by atoms with Gasteiger partial charge in [-0.2, -0.15) is 0 Å². The van der Waals surface area contributed by atoms with Crippen LogP contribution < -0.4 is 5.32 Å². The smallest absolute Gasteiger partial charge is 0.329 e. The SMILES string of the molecule is CC(CC(=O)N1CCCC1(C)C(=O)O)NC(=O)C1CCCC1. The first-order chi connectivity index (χ1) is 10.3. The van der Waals surface area contributed by atoms with Crippen LogP contribution in [0.1, 0.15) is 58.8 Å². The molecule has 2 aliphatic rings. The molecule has 1 heterocycles. The van der Waals surface area contributed by atoms with Crippen LogP contribution in [-0.2, 0) is 14.4 Å². The van der Waals surface area contributed by atoms with Crippen molar-refractivity contribution in [2.45, 2.75) is 70.4 Å². The number of carbonyl (C=O) groups excluding carboxylic acids is 2. The Kier molecular flexibility index (Phi) is 5.08. The summed E-state index contributed by atoms with van der Waals surface area (Å²) < 4.78 is 0. The zero-order valence-corrected chi connectivity index (χ0v) is 13.4. The van der Waals surface area contributed by atoms with Gasteiger partial charge in [-0.05, 0) is 39.5 Å². The fourth-order valence-corrected chi connectivity index (χ4v) is 3.56. The summed E-state index contributed by atoms with van der Waals surface area (Å²) in [7, 11) is 0. The highest BCUT2D eigenvalue weighted by molar-refractivity contribution is 5.88. The standard InChI is InChI=1S/C16H26N2O4/c1-11(17-14(20)12-6-3-4-7-12)10-13(19)18-9-5-8-16(18,2)15(21)22/h11-12H,3-10H2,1-2H3,(H,17,20)(H,21,22). The number of carbonyl (C=O) groups is 3. The molecule has 2 amide bonds. The summed E-state index contributed by atoms with van der Waals surface area (Å²) in [6, 6.07) is -0.265. The van der Waals surface area contributed by atoms with Crippen LogP contribution in [0.3, 0.4) is 0 Å². The van der Waals surface area contributed by atoms with Gasteiger partial charge in [0.2, 0.25) is 11.8 Å². The second-order valence-corrected chi connectivity index (χ2v) is 6.82. The third-order valence-electron chi connectivity index (χ3n) is 5.00. The van der Waals surface area contributed by atoms with Gasteiger partial charge in [0.25, 0.3) is 0 Å². The Bertz CT molecular complexity index is 459. The second-order valence-electron chi connectivity index (χ2n) is 6.82. The monoisotopic (exact) mass is 310 g/mol. The minimum absolute atomic E-state index is 0.0280. The number of hydrogen-bond acceptors (Lipinski definition) is 3.